The third kappa shape index (κ3) is 2.74. The summed E-state index contributed by atoms with van der Waals surface area (Å²) in [5, 5.41) is 13.6. The number of fused-ring (bicyclic) bond motifs is 1. The fourth-order valence-electron chi connectivity index (χ4n) is 2.67. The molecule has 0 aliphatic heterocycles. The Morgan fingerprint density at radius 1 is 1.20 bits per heavy atom. The molecule has 124 valence electrons. The van der Waals surface area contributed by atoms with E-state index in [1.54, 1.807) is 31.7 Å². The van der Waals surface area contributed by atoms with Crippen molar-refractivity contribution in [1.29, 1.82) is 0 Å². The Balaban J connectivity index is 1.85. The lowest BCUT2D eigenvalue weighted by atomic mass is 10.0. The second-order valence-corrected chi connectivity index (χ2v) is 5.68. The summed E-state index contributed by atoms with van der Waals surface area (Å²) in [6.07, 6.45) is 3.30. The van der Waals surface area contributed by atoms with Gasteiger partial charge in [0.2, 0.25) is 10.6 Å². The molecule has 0 aliphatic rings. The lowest BCUT2D eigenvalue weighted by Gasteiger charge is -2.08. The summed E-state index contributed by atoms with van der Waals surface area (Å²) in [5.41, 5.74) is 0.870. The minimum atomic E-state index is 0.377. The van der Waals surface area contributed by atoms with Gasteiger partial charge < -0.3 is 9.15 Å². The van der Waals surface area contributed by atoms with Gasteiger partial charge in [-0.25, -0.2) is 5.10 Å². The number of ether oxygens (including phenoxy) is 1. The van der Waals surface area contributed by atoms with Crippen molar-refractivity contribution in [3.05, 3.63) is 65.1 Å². The lowest BCUT2D eigenvalue weighted by molar-refractivity contribution is 0.415. The van der Waals surface area contributed by atoms with Crippen molar-refractivity contribution in [3.8, 4) is 17.3 Å². The van der Waals surface area contributed by atoms with E-state index in [9.17, 15) is 0 Å². The van der Waals surface area contributed by atoms with E-state index >= 15 is 0 Å². The molecule has 7 heteroatoms. The maximum absolute atomic E-state index is 5.49. The Hall–Kier alpha value is -3.19. The van der Waals surface area contributed by atoms with Crippen LogP contribution in [0.4, 0.5) is 0 Å². The summed E-state index contributed by atoms with van der Waals surface area (Å²) in [4.78, 5) is 0. The number of nitrogens with one attached hydrogen (secondary N) is 1. The summed E-state index contributed by atoms with van der Waals surface area (Å²) >= 11 is 5.28. The monoisotopic (exact) mass is 350 g/mol. The molecule has 4 aromatic rings. The van der Waals surface area contributed by atoms with E-state index < -0.39 is 0 Å². The average molecular weight is 350 g/mol. The Morgan fingerprint density at radius 3 is 2.88 bits per heavy atom. The maximum atomic E-state index is 5.49. The standard InChI is InChI=1S/C18H14N4O2S/c1-23-15-9-8-12-5-2-3-6-13(12)14(15)11-19-22-17(20-21-18(22)25)16-7-4-10-24-16/h2-11H,1H3,(H,21,25)/b19-11-. The van der Waals surface area contributed by atoms with Gasteiger partial charge in [-0.05, 0) is 41.2 Å². The molecular weight excluding hydrogens is 336 g/mol. The van der Waals surface area contributed by atoms with Gasteiger partial charge in [0.15, 0.2) is 5.76 Å². The molecule has 0 saturated heterocycles. The van der Waals surface area contributed by atoms with Crippen LogP contribution in [0.3, 0.4) is 0 Å². The number of methoxy groups -OCH3 is 1. The Bertz CT molecular complexity index is 1110. The van der Waals surface area contributed by atoms with Gasteiger partial charge in [-0.15, -0.1) is 5.10 Å². The molecule has 0 bridgehead atoms. The summed E-state index contributed by atoms with van der Waals surface area (Å²) in [6.45, 7) is 0. The molecular formula is C18H14N4O2S. The van der Waals surface area contributed by atoms with Crippen LogP contribution >= 0.6 is 12.2 Å². The topological polar surface area (TPSA) is 68.3 Å². The summed E-state index contributed by atoms with van der Waals surface area (Å²) < 4.78 is 12.8. The van der Waals surface area contributed by atoms with Gasteiger partial charge in [-0.2, -0.15) is 9.78 Å². The SMILES string of the molecule is COc1ccc2ccccc2c1/C=N\n1c(-c2ccco2)n[nH]c1=S. The van der Waals surface area contributed by atoms with E-state index in [1.165, 1.54) is 4.68 Å². The van der Waals surface area contributed by atoms with E-state index in [0.717, 1.165) is 22.1 Å². The fraction of sp³-hybridized carbons (Fsp3) is 0.0556. The van der Waals surface area contributed by atoms with Crippen molar-refractivity contribution in [2.45, 2.75) is 0 Å². The largest absolute Gasteiger partial charge is 0.496 e. The van der Waals surface area contributed by atoms with Crippen LogP contribution in [0.15, 0.2) is 64.3 Å². The molecule has 0 unspecified atom stereocenters. The van der Waals surface area contributed by atoms with Crippen LogP contribution in [-0.4, -0.2) is 28.2 Å². The van der Waals surface area contributed by atoms with Crippen LogP contribution in [0.25, 0.3) is 22.4 Å². The first-order chi connectivity index (χ1) is 12.3. The minimum Gasteiger partial charge on any atom is -0.496 e. The smallest absolute Gasteiger partial charge is 0.219 e. The lowest BCUT2D eigenvalue weighted by Crippen LogP contribution is -1.97. The third-order valence-electron chi connectivity index (χ3n) is 3.84. The second kappa shape index (κ2) is 6.37. The first kappa shape index (κ1) is 15.3. The number of nitrogens with zero attached hydrogens (tertiary/aromatic N) is 3. The first-order valence-corrected chi connectivity index (χ1v) is 8.00. The summed E-state index contributed by atoms with van der Waals surface area (Å²) in [5.74, 6) is 1.82. The maximum Gasteiger partial charge on any atom is 0.219 e. The first-order valence-electron chi connectivity index (χ1n) is 7.59. The Labute approximate surface area is 148 Å². The predicted molar refractivity (Wildman–Crippen MR) is 98.6 cm³/mol. The van der Waals surface area contributed by atoms with Crippen molar-refractivity contribution in [2.75, 3.05) is 7.11 Å². The number of H-pyrrole nitrogens is 1. The number of furan rings is 1. The van der Waals surface area contributed by atoms with Crippen molar-refractivity contribution < 1.29 is 9.15 Å². The molecule has 0 aliphatic carbocycles. The van der Waals surface area contributed by atoms with Crippen LogP contribution in [0.1, 0.15) is 5.56 Å². The highest BCUT2D eigenvalue weighted by atomic mass is 32.1. The number of hydrogen-bond acceptors (Lipinski definition) is 5. The van der Waals surface area contributed by atoms with Crippen LogP contribution in [0.2, 0.25) is 0 Å². The molecule has 0 fully saturated rings. The normalized spacial score (nSPS) is 11.4. The number of benzene rings is 2. The molecule has 2 aromatic carbocycles. The average Bonchev–Trinajstić information content (AvgIpc) is 3.29. The van der Waals surface area contributed by atoms with Crippen LogP contribution < -0.4 is 4.74 Å². The second-order valence-electron chi connectivity index (χ2n) is 5.29. The van der Waals surface area contributed by atoms with Gasteiger partial charge in [0.05, 0.1) is 19.6 Å². The number of aromatic amines is 1. The van der Waals surface area contributed by atoms with Gasteiger partial charge in [-0.3, -0.25) is 0 Å². The zero-order valence-corrected chi connectivity index (χ0v) is 14.2. The van der Waals surface area contributed by atoms with Gasteiger partial charge >= 0.3 is 0 Å². The minimum absolute atomic E-state index is 0.377. The molecule has 0 amide bonds. The van der Waals surface area contributed by atoms with Gasteiger partial charge in [0.25, 0.3) is 0 Å². The Kier molecular flexibility index (Phi) is 3.91. The van der Waals surface area contributed by atoms with Crippen molar-refractivity contribution in [1.82, 2.24) is 14.9 Å². The van der Waals surface area contributed by atoms with Crippen LogP contribution in [0.5, 0.6) is 5.75 Å². The third-order valence-corrected chi connectivity index (χ3v) is 4.11. The van der Waals surface area contributed by atoms with E-state index in [-0.39, 0.29) is 0 Å². The van der Waals surface area contributed by atoms with Crippen LogP contribution in [-0.2, 0) is 0 Å². The highest BCUT2D eigenvalue weighted by Gasteiger charge is 2.11. The summed E-state index contributed by atoms with van der Waals surface area (Å²) in [6, 6.07) is 15.6. The van der Waals surface area contributed by atoms with E-state index in [1.807, 2.05) is 36.4 Å². The zero-order chi connectivity index (χ0) is 17.2. The highest BCUT2D eigenvalue weighted by molar-refractivity contribution is 7.71. The van der Waals surface area contributed by atoms with E-state index in [4.69, 9.17) is 21.4 Å². The molecule has 4 rings (SSSR count). The number of rotatable bonds is 4. The number of aromatic nitrogens is 3. The molecule has 0 spiro atoms. The molecule has 1 N–H and O–H groups in total. The molecule has 2 aromatic heterocycles. The van der Waals surface area contributed by atoms with Crippen LogP contribution in [0, 0.1) is 4.77 Å². The van der Waals surface area contributed by atoms with Gasteiger partial charge in [-0.1, -0.05) is 30.3 Å². The van der Waals surface area contributed by atoms with E-state index in [2.05, 4.69) is 15.3 Å². The Morgan fingerprint density at radius 2 is 2.08 bits per heavy atom. The molecule has 6 nitrogen and oxygen atoms in total. The fourth-order valence-corrected chi connectivity index (χ4v) is 2.85. The molecule has 0 atom stereocenters. The quantitative estimate of drug-likeness (QED) is 0.441. The molecule has 2 heterocycles. The van der Waals surface area contributed by atoms with Crippen molar-refractivity contribution in [2.24, 2.45) is 5.10 Å². The predicted octanol–water partition coefficient (Wildman–Crippen LogP) is 4.24. The van der Waals surface area contributed by atoms with Crippen molar-refractivity contribution in [3.63, 3.8) is 0 Å². The molecule has 0 radical (unpaired) electrons. The zero-order valence-electron chi connectivity index (χ0n) is 13.3. The highest BCUT2D eigenvalue weighted by Crippen LogP contribution is 2.26. The summed E-state index contributed by atoms with van der Waals surface area (Å²) in [7, 11) is 1.64. The number of hydrogen-bond donors (Lipinski definition) is 1. The molecule has 25 heavy (non-hydrogen) atoms. The van der Waals surface area contributed by atoms with Gasteiger partial charge in [0.1, 0.15) is 5.75 Å². The van der Waals surface area contributed by atoms with Crippen molar-refractivity contribution >= 4 is 29.2 Å². The van der Waals surface area contributed by atoms with E-state index in [0.29, 0.717) is 16.4 Å². The van der Waals surface area contributed by atoms with Gasteiger partial charge in [0, 0.05) is 5.56 Å². The molecule has 0 saturated carbocycles.